The van der Waals surface area contributed by atoms with Crippen LogP contribution in [-0.4, -0.2) is 33.5 Å². The summed E-state index contributed by atoms with van der Waals surface area (Å²) in [6.07, 6.45) is 7.16. The highest BCUT2D eigenvalue weighted by molar-refractivity contribution is 7.90. The molecule has 1 saturated carbocycles. The van der Waals surface area contributed by atoms with Crippen molar-refractivity contribution >= 4 is 9.84 Å². The maximum atomic E-state index is 11.2. The van der Waals surface area contributed by atoms with Crippen LogP contribution < -0.4 is 5.32 Å². The summed E-state index contributed by atoms with van der Waals surface area (Å²) in [5.41, 5.74) is 0. The van der Waals surface area contributed by atoms with Crippen LogP contribution in [0.5, 0.6) is 0 Å². The first kappa shape index (κ1) is 16.0. The topological polar surface area (TPSA) is 46.2 Å². The summed E-state index contributed by atoms with van der Waals surface area (Å²) in [4.78, 5) is 0. The largest absolute Gasteiger partial charge is 0.317 e. The fourth-order valence-corrected chi connectivity index (χ4v) is 3.81. The van der Waals surface area contributed by atoms with E-state index in [1.165, 1.54) is 25.5 Å². The first-order chi connectivity index (χ1) is 8.42. The van der Waals surface area contributed by atoms with E-state index in [1.54, 1.807) is 0 Å². The Morgan fingerprint density at radius 3 is 2.56 bits per heavy atom. The molecule has 4 heteroatoms. The first-order valence-electron chi connectivity index (χ1n) is 7.30. The molecule has 1 fully saturated rings. The molecule has 3 unspecified atom stereocenters. The van der Waals surface area contributed by atoms with Crippen molar-refractivity contribution in [2.45, 2.75) is 46.0 Å². The molecule has 1 rings (SSSR count). The lowest BCUT2D eigenvalue weighted by atomic mass is 9.73. The van der Waals surface area contributed by atoms with Gasteiger partial charge in [-0.05, 0) is 56.5 Å². The number of sulfone groups is 1. The molecule has 0 aromatic heterocycles. The van der Waals surface area contributed by atoms with Gasteiger partial charge in [0, 0.05) is 12.0 Å². The van der Waals surface area contributed by atoms with E-state index < -0.39 is 9.84 Å². The van der Waals surface area contributed by atoms with Crippen molar-refractivity contribution in [2.75, 3.05) is 25.1 Å². The number of nitrogens with one attached hydrogen (secondary N) is 1. The average Bonchev–Trinajstić information content (AvgIpc) is 2.26. The molecule has 0 aromatic rings. The molecule has 0 spiro atoms. The van der Waals surface area contributed by atoms with E-state index in [0.717, 1.165) is 43.7 Å². The lowest BCUT2D eigenvalue weighted by Gasteiger charge is -2.35. The zero-order valence-electron chi connectivity index (χ0n) is 12.1. The SMILES string of the molecule is CCNCC1CCC(C)CC1CCCS(C)(=O)=O. The van der Waals surface area contributed by atoms with E-state index in [0.29, 0.717) is 5.75 Å². The Bertz CT molecular complexity index is 325. The molecule has 0 heterocycles. The van der Waals surface area contributed by atoms with Crippen LogP contribution in [0.2, 0.25) is 0 Å². The van der Waals surface area contributed by atoms with Gasteiger partial charge in [0.2, 0.25) is 0 Å². The summed E-state index contributed by atoms with van der Waals surface area (Å²) in [5.74, 6) is 2.63. The molecule has 0 radical (unpaired) electrons. The third-order valence-electron chi connectivity index (χ3n) is 4.15. The van der Waals surface area contributed by atoms with E-state index in [-0.39, 0.29) is 0 Å². The predicted molar refractivity (Wildman–Crippen MR) is 77.5 cm³/mol. The third-order valence-corrected chi connectivity index (χ3v) is 5.18. The maximum Gasteiger partial charge on any atom is 0.147 e. The first-order valence-corrected chi connectivity index (χ1v) is 9.37. The van der Waals surface area contributed by atoms with Crippen LogP contribution >= 0.6 is 0 Å². The van der Waals surface area contributed by atoms with Gasteiger partial charge < -0.3 is 5.32 Å². The summed E-state index contributed by atoms with van der Waals surface area (Å²) < 4.78 is 22.4. The fourth-order valence-electron chi connectivity index (χ4n) is 3.12. The zero-order chi connectivity index (χ0) is 13.6. The highest BCUT2D eigenvalue weighted by Gasteiger charge is 2.27. The van der Waals surface area contributed by atoms with Crippen LogP contribution in [-0.2, 0) is 9.84 Å². The van der Waals surface area contributed by atoms with Gasteiger partial charge >= 0.3 is 0 Å². The number of hydrogen-bond acceptors (Lipinski definition) is 3. The molecule has 1 N–H and O–H groups in total. The molecule has 0 saturated heterocycles. The van der Waals surface area contributed by atoms with Gasteiger partial charge in [-0.3, -0.25) is 0 Å². The van der Waals surface area contributed by atoms with Gasteiger partial charge in [0.1, 0.15) is 9.84 Å². The van der Waals surface area contributed by atoms with E-state index in [9.17, 15) is 8.42 Å². The molecule has 0 amide bonds. The monoisotopic (exact) mass is 275 g/mol. The molecule has 1 aliphatic carbocycles. The molecular formula is C14H29NO2S. The highest BCUT2D eigenvalue weighted by atomic mass is 32.2. The predicted octanol–water partition coefficient (Wildman–Crippen LogP) is 2.47. The van der Waals surface area contributed by atoms with Crippen molar-refractivity contribution in [1.82, 2.24) is 5.32 Å². The molecular weight excluding hydrogens is 246 g/mol. The average molecular weight is 275 g/mol. The van der Waals surface area contributed by atoms with E-state index >= 15 is 0 Å². The van der Waals surface area contributed by atoms with E-state index in [4.69, 9.17) is 0 Å². The summed E-state index contributed by atoms with van der Waals surface area (Å²) in [7, 11) is -2.79. The van der Waals surface area contributed by atoms with Crippen LogP contribution in [0.1, 0.15) is 46.0 Å². The second-order valence-corrected chi connectivity index (χ2v) is 8.28. The molecule has 3 atom stereocenters. The Labute approximate surface area is 113 Å². The minimum atomic E-state index is -2.79. The molecule has 0 bridgehead atoms. The van der Waals surface area contributed by atoms with Gasteiger partial charge in [-0.2, -0.15) is 0 Å². The van der Waals surface area contributed by atoms with Crippen molar-refractivity contribution in [3.8, 4) is 0 Å². The fraction of sp³-hybridized carbons (Fsp3) is 1.00. The van der Waals surface area contributed by atoms with Crippen LogP contribution in [0.3, 0.4) is 0 Å². The lowest BCUT2D eigenvalue weighted by molar-refractivity contribution is 0.175. The summed E-state index contributed by atoms with van der Waals surface area (Å²) >= 11 is 0. The maximum absolute atomic E-state index is 11.2. The molecule has 3 nitrogen and oxygen atoms in total. The number of rotatable bonds is 7. The third kappa shape index (κ3) is 6.19. The molecule has 0 aliphatic heterocycles. The van der Waals surface area contributed by atoms with Crippen molar-refractivity contribution in [3.63, 3.8) is 0 Å². The minimum absolute atomic E-state index is 0.353. The van der Waals surface area contributed by atoms with Gasteiger partial charge in [-0.1, -0.05) is 20.3 Å². The minimum Gasteiger partial charge on any atom is -0.317 e. The van der Waals surface area contributed by atoms with E-state index in [2.05, 4.69) is 19.2 Å². The zero-order valence-corrected chi connectivity index (χ0v) is 12.9. The Morgan fingerprint density at radius 2 is 1.94 bits per heavy atom. The molecule has 1 aliphatic rings. The Hall–Kier alpha value is -0.0900. The van der Waals surface area contributed by atoms with Gasteiger partial charge in [0.25, 0.3) is 0 Å². The Kier molecular flexibility index (Phi) is 6.64. The second kappa shape index (κ2) is 7.49. The molecule has 18 heavy (non-hydrogen) atoms. The Morgan fingerprint density at radius 1 is 1.22 bits per heavy atom. The Balaban J connectivity index is 2.41. The number of hydrogen-bond donors (Lipinski definition) is 1. The van der Waals surface area contributed by atoms with Gasteiger partial charge in [-0.15, -0.1) is 0 Å². The van der Waals surface area contributed by atoms with Gasteiger partial charge in [-0.25, -0.2) is 8.42 Å². The van der Waals surface area contributed by atoms with Gasteiger partial charge in [0.05, 0.1) is 0 Å². The summed E-state index contributed by atoms with van der Waals surface area (Å²) in [6, 6.07) is 0. The van der Waals surface area contributed by atoms with Crippen molar-refractivity contribution in [3.05, 3.63) is 0 Å². The standard InChI is InChI=1S/C14H29NO2S/c1-4-15-11-14-8-7-12(2)10-13(14)6-5-9-18(3,16)17/h12-15H,4-11H2,1-3H3. The van der Waals surface area contributed by atoms with Crippen LogP contribution in [0.4, 0.5) is 0 Å². The van der Waals surface area contributed by atoms with Crippen molar-refractivity contribution in [2.24, 2.45) is 17.8 Å². The smallest absolute Gasteiger partial charge is 0.147 e. The van der Waals surface area contributed by atoms with Crippen molar-refractivity contribution < 1.29 is 8.42 Å². The molecule has 108 valence electrons. The molecule has 0 aromatic carbocycles. The summed E-state index contributed by atoms with van der Waals surface area (Å²) in [5, 5.41) is 3.45. The van der Waals surface area contributed by atoms with Crippen molar-refractivity contribution in [1.29, 1.82) is 0 Å². The lowest BCUT2D eigenvalue weighted by Crippen LogP contribution is -2.32. The quantitative estimate of drug-likeness (QED) is 0.776. The van der Waals surface area contributed by atoms with Crippen LogP contribution in [0, 0.1) is 17.8 Å². The van der Waals surface area contributed by atoms with Crippen LogP contribution in [0.25, 0.3) is 0 Å². The normalized spacial score (nSPS) is 29.4. The highest BCUT2D eigenvalue weighted by Crippen LogP contribution is 2.36. The second-order valence-electron chi connectivity index (χ2n) is 6.02. The summed E-state index contributed by atoms with van der Waals surface area (Å²) in [6.45, 7) is 6.60. The van der Waals surface area contributed by atoms with Crippen LogP contribution in [0.15, 0.2) is 0 Å². The van der Waals surface area contributed by atoms with E-state index in [1.807, 2.05) is 0 Å². The van der Waals surface area contributed by atoms with Gasteiger partial charge in [0.15, 0.2) is 0 Å².